The van der Waals surface area contributed by atoms with E-state index in [-0.39, 0.29) is 0 Å². The van der Waals surface area contributed by atoms with Crippen molar-refractivity contribution < 1.29 is 9.90 Å². The molecule has 3 rings (SSSR count). The molecule has 1 fully saturated rings. The highest BCUT2D eigenvalue weighted by molar-refractivity contribution is 5.73. The van der Waals surface area contributed by atoms with Gasteiger partial charge in [0.05, 0.1) is 18.1 Å². The van der Waals surface area contributed by atoms with E-state index in [4.69, 9.17) is 10.8 Å². The number of hydrogen-bond acceptors (Lipinski definition) is 5. The lowest BCUT2D eigenvalue weighted by atomic mass is 9.89. The quantitative estimate of drug-likeness (QED) is 0.706. The molecule has 1 heterocycles. The Hall–Kier alpha value is -2.47. The molecule has 0 saturated heterocycles. The van der Waals surface area contributed by atoms with E-state index >= 15 is 0 Å². The van der Waals surface area contributed by atoms with Gasteiger partial charge in [0.15, 0.2) is 0 Å². The Labute approximate surface area is 153 Å². The monoisotopic (exact) mass is 354 g/mol. The zero-order chi connectivity index (χ0) is 18.4. The lowest BCUT2D eigenvalue weighted by Crippen LogP contribution is -2.32. The molecule has 1 saturated carbocycles. The highest BCUT2D eigenvalue weighted by atomic mass is 16.4. The van der Waals surface area contributed by atoms with Gasteiger partial charge >= 0.3 is 5.97 Å². The first-order valence-electron chi connectivity index (χ1n) is 9.25. The summed E-state index contributed by atoms with van der Waals surface area (Å²) in [5.41, 5.74) is 8.20. The van der Waals surface area contributed by atoms with E-state index in [9.17, 15) is 4.79 Å². The number of nitrogens with one attached hydrogen (secondary N) is 1. The van der Waals surface area contributed by atoms with Gasteiger partial charge in [0.2, 0.25) is 0 Å². The molecule has 1 aromatic carbocycles. The molecule has 1 aromatic heterocycles. The van der Waals surface area contributed by atoms with Gasteiger partial charge in [-0.1, -0.05) is 43.5 Å². The molecule has 0 amide bonds. The Morgan fingerprint density at radius 1 is 1.15 bits per heavy atom. The largest absolute Gasteiger partial charge is 0.480 e. The average molecular weight is 354 g/mol. The standard InChI is InChI=1S/C20H26N4O2/c21-17(20(25)26)10-14-6-8-16(9-7-14)18-12-24-19(13-22-18)23-11-15-4-2-1-3-5-15/h6-9,12-13,15,17H,1-5,10-11,21H2,(H,23,24)(H,25,26)/t17-/m0/s1. The number of carbonyl (C=O) groups is 1. The van der Waals surface area contributed by atoms with Gasteiger partial charge in [-0.3, -0.25) is 9.78 Å². The van der Waals surface area contributed by atoms with Crippen molar-refractivity contribution in [3.8, 4) is 11.3 Å². The van der Waals surface area contributed by atoms with Crippen LogP contribution in [0.15, 0.2) is 36.7 Å². The summed E-state index contributed by atoms with van der Waals surface area (Å²) in [4.78, 5) is 19.8. The molecule has 2 aromatic rings. The van der Waals surface area contributed by atoms with Crippen LogP contribution in [0.4, 0.5) is 5.82 Å². The van der Waals surface area contributed by atoms with Crippen LogP contribution in [0.5, 0.6) is 0 Å². The van der Waals surface area contributed by atoms with Crippen molar-refractivity contribution in [1.29, 1.82) is 0 Å². The Kier molecular flexibility index (Phi) is 6.17. The number of nitrogens with two attached hydrogens (primary N) is 1. The average Bonchev–Trinajstić information content (AvgIpc) is 2.68. The first kappa shape index (κ1) is 18.3. The lowest BCUT2D eigenvalue weighted by molar-refractivity contribution is -0.138. The van der Waals surface area contributed by atoms with Crippen LogP contribution in [0.2, 0.25) is 0 Å². The summed E-state index contributed by atoms with van der Waals surface area (Å²) in [7, 11) is 0. The van der Waals surface area contributed by atoms with E-state index in [0.717, 1.165) is 35.1 Å². The van der Waals surface area contributed by atoms with Crippen LogP contribution < -0.4 is 11.1 Å². The van der Waals surface area contributed by atoms with Crippen molar-refractivity contribution in [2.75, 3.05) is 11.9 Å². The van der Waals surface area contributed by atoms with Crippen LogP contribution in [-0.4, -0.2) is 33.6 Å². The first-order chi connectivity index (χ1) is 12.6. The minimum absolute atomic E-state index is 0.311. The second-order valence-electron chi connectivity index (χ2n) is 7.02. The normalized spacial score (nSPS) is 16.2. The Bertz CT molecular complexity index is 710. The molecule has 0 unspecified atom stereocenters. The Morgan fingerprint density at radius 2 is 1.88 bits per heavy atom. The third-order valence-corrected chi connectivity index (χ3v) is 4.97. The number of rotatable bonds is 7. The van der Waals surface area contributed by atoms with Gasteiger partial charge in [-0.2, -0.15) is 0 Å². The molecular formula is C20H26N4O2. The second kappa shape index (κ2) is 8.76. The van der Waals surface area contributed by atoms with Crippen molar-refractivity contribution in [2.45, 2.75) is 44.6 Å². The molecular weight excluding hydrogens is 328 g/mol. The summed E-state index contributed by atoms with van der Waals surface area (Å²) in [5, 5.41) is 12.3. The number of aromatic nitrogens is 2. The van der Waals surface area contributed by atoms with E-state index in [1.165, 1.54) is 32.1 Å². The van der Waals surface area contributed by atoms with Gasteiger partial charge in [0.25, 0.3) is 0 Å². The summed E-state index contributed by atoms with van der Waals surface area (Å²) in [6.07, 6.45) is 10.5. The predicted octanol–water partition coefficient (Wildman–Crippen LogP) is 3.09. The van der Waals surface area contributed by atoms with Gasteiger partial charge in [-0.05, 0) is 30.7 Å². The SMILES string of the molecule is N[C@@H](Cc1ccc(-c2cnc(NCC3CCCCC3)cn2)cc1)C(=O)O. The maximum absolute atomic E-state index is 10.8. The molecule has 6 nitrogen and oxygen atoms in total. The summed E-state index contributed by atoms with van der Waals surface area (Å²) in [5.74, 6) is 0.564. The third-order valence-electron chi connectivity index (χ3n) is 4.97. The number of carboxylic acids is 1. The van der Waals surface area contributed by atoms with Crippen LogP contribution in [0.25, 0.3) is 11.3 Å². The van der Waals surface area contributed by atoms with Gasteiger partial charge in [-0.15, -0.1) is 0 Å². The molecule has 4 N–H and O–H groups in total. The first-order valence-corrected chi connectivity index (χ1v) is 9.25. The van der Waals surface area contributed by atoms with Crippen LogP contribution in [0.3, 0.4) is 0 Å². The van der Waals surface area contributed by atoms with Crippen molar-refractivity contribution in [3.63, 3.8) is 0 Å². The fourth-order valence-electron chi connectivity index (χ4n) is 3.36. The smallest absolute Gasteiger partial charge is 0.320 e. The van der Waals surface area contributed by atoms with Gasteiger partial charge in [0, 0.05) is 12.1 Å². The maximum Gasteiger partial charge on any atom is 0.320 e. The zero-order valence-corrected chi connectivity index (χ0v) is 14.9. The fraction of sp³-hybridized carbons (Fsp3) is 0.450. The molecule has 26 heavy (non-hydrogen) atoms. The van der Waals surface area contributed by atoms with E-state index in [0.29, 0.717) is 6.42 Å². The Balaban J connectivity index is 1.56. The molecule has 6 heteroatoms. The van der Waals surface area contributed by atoms with E-state index < -0.39 is 12.0 Å². The highest BCUT2D eigenvalue weighted by Crippen LogP contribution is 2.24. The number of nitrogens with zero attached hydrogens (tertiary/aromatic N) is 2. The van der Waals surface area contributed by atoms with E-state index in [1.807, 2.05) is 24.3 Å². The molecule has 0 radical (unpaired) electrons. The minimum atomic E-state index is -0.990. The molecule has 0 aliphatic heterocycles. The van der Waals surface area contributed by atoms with Crippen molar-refractivity contribution in [2.24, 2.45) is 11.7 Å². The highest BCUT2D eigenvalue weighted by Gasteiger charge is 2.14. The van der Waals surface area contributed by atoms with Crippen molar-refractivity contribution in [1.82, 2.24) is 9.97 Å². The topological polar surface area (TPSA) is 101 Å². The second-order valence-corrected chi connectivity index (χ2v) is 7.02. The summed E-state index contributed by atoms with van der Waals surface area (Å²) < 4.78 is 0. The molecule has 1 aliphatic rings. The molecule has 0 spiro atoms. The predicted molar refractivity (Wildman–Crippen MR) is 102 cm³/mol. The summed E-state index contributed by atoms with van der Waals surface area (Å²) in [6.45, 7) is 0.965. The van der Waals surface area contributed by atoms with Crippen LogP contribution in [0, 0.1) is 5.92 Å². The molecule has 138 valence electrons. The number of aliphatic carboxylic acids is 1. The number of hydrogen-bond donors (Lipinski definition) is 3. The fourth-order valence-corrected chi connectivity index (χ4v) is 3.36. The van der Waals surface area contributed by atoms with Crippen molar-refractivity contribution >= 4 is 11.8 Å². The van der Waals surface area contributed by atoms with Crippen molar-refractivity contribution in [3.05, 3.63) is 42.2 Å². The van der Waals surface area contributed by atoms with Gasteiger partial charge in [0.1, 0.15) is 11.9 Å². The van der Waals surface area contributed by atoms with E-state index in [2.05, 4.69) is 15.3 Å². The van der Waals surface area contributed by atoms with E-state index in [1.54, 1.807) is 12.4 Å². The minimum Gasteiger partial charge on any atom is -0.480 e. The van der Waals surface area contributed by atoms with Gasteiger partial charge < -0.3 is 16.2 Å². The Morgan fingerprint density at radius 3 is 2.50 bits per heavy atom. The maximum atomic E-state index is 10.8. The molecule has 0 bridgehead atoms. The van der Waals surface area contributed by atoms with Gasteiger partial charge in [-0.25, -0.2) is 4.98 Å². The molecule has 1 atom stereocenters. The number of carboxylic acid groups (broad SMARTS) is 1. The summed E-state index contributed by atoms with van der Waals surface area (Å²) >= 11 is 0. The lowest BCUT2D eigenvalue weighted by Gasteiger charge is -2.21. The van der Waals surface area contributed by atoms with Crippen LogP contribution in [-0.2, 0) is 11.2 Å². The summed E-state index contributed by atoms with van der Waals surface area (Å²) in [6, 6.07) is 6.73. The molecule has 1 aliphatic carbocycles. The number of benzene rings is 1. The zero-order valence-electron chi connectivity index (χ0n) is 14.9. The number of anilines is 1. The third kappa shape index (κ3) is 5.02. The van der Waals surface area contributed by atoms with Crippen LogP contribution in [0.1, 0.15) is 37.7 Å². The van der Waals surface area contributed by atoms with Crippen LogP contribution >= 0.6 is 0 Å².